The minimum absolute atomic E-state index is 0.128. The van der Waals surface area contributed by atoms with Crippen molar-refractivity contribution in [2.45, 2.75) is 18.8 Å². The molecule has 0 spiro atoms. The number of carbonyl (C=O) groups excluding carboxylic acids is 4. The molecule has 0 radical (unpaired) electrons. The second-order valence-corrected chi connectivity index (χ2v) is 13.6. The molecule has 0 saturated carbocycles. The fourth-order valence-electron chi connectivity index (χ4n) is 7.81. The number of ketones is 2. The van der Waals surface area contributed by atoms with Gasteiger partial charge in [0.25, 0.3) is 0 Å². The molecular formula is C40H34BrNO9. The van der Waals surface area contributed by atoms with Crippen LogP contribution in [0.3, 0.4) is 0 Å². The number of Topliss-reactive ketones (excluding diaryl/α,β-unsaturated/α-hetero) is 1. The number of hydrogen-bond acceptors (Lipinski definition) is 9. The van der Waals surface area contributed by atoms with Crippen LogP contribution in [0, 0.1) is 17.8 Å². The normalized spacial score (nSPS) is 22.7. The summed E-state index contributed by atoms with van der Waals surface area (Å²) in [6.07, 6.45) is 7.43. The van der Waals surface area contributed by atoms with Crippen LogP contribution in [0.2, 0.25) is 0 Å². The van der Waals surface area contributed by atoms with Crippen molar-refractivity contribution in [2.75, 3.05) is 33.3 Å². The van der Waals surface area contributed by atoms with Gasteiger partial charge in [-0.2, -0.15) is 0 Å². The zero-order chi connectivity index (χ0) is 36.1. The molecule has 0 aromatic heterocycles. The SMILES string of the molecule is COc1ccc(OC)c(C=Cc2ccc(N3C(=O)C4CC=C5C(c6cc(OC)c(O)c(OC)c6)C6=C(CC5C4C3=O)C(=O)C(Br)=CC6=O)cc2)c1. The van der Waals surface area contributed by atoms with Crippen LogP contribution in [0.5, 0.6) is 28.7 Å². The second-order valence-electron chi connectivity index (χ2n) is 12.7. The van der Waals surface area contributed by atoms with Gasteiger partial charge >= 0.3 is 0 Å². The van der Waals surface area contributed by atoms with E-state index in [4.69, 9.17) is 18.9 Å². The average Bonchev–Trinajstić information content (AvgIpc) is 3.41. The zero-order valence-corrected chi connectivity index (χ0v) is 29.9. The molecule has 0 bridgehead atoms. The van der Waals surface area contributed by atoms with Crippen LogP contribution in [-0.4, -0.2) is 56.9 Å². The number of benzene rings is 3. The number of phenolic OH excluding ortho intramolecular Hbond substituents is 1. The van der Waals surface area contributed by atoms with Crippen LogP contribution >= 0.6 is 15.9 Å². The minimum Gasteiger partial charge on any atom is -0.502 e. The summed E-state index contributed by atoms with van der Waals surface area (Å²) in [5.41, 5.74) is 4.06. The number of methoxy groups -OCH3 is 4. The third-order valence-electron chi connectivity index (χ3n) is 10.2. The van der Waals surface area contributed by atoms with E-state index in [1.165, 1.54) is 25.2 Å². The molecule has 3 aromatic rings. The number of halogens is 1. The predicted molar refractivity (Wildman–Crippen MR) is 193 cm³/mol. The molecule has 3 aliphatic carbocycles. The van der Waals surface area contributed by atoms with Crippen molar-refractivity contribution in [3.05, 3.63) is 105 Å². The molecule has 7 rings (SSSR count). The van der Waals surface area contributed by atoms with Gasteiger partial charge in [-0.05, 0) is 88.3 Å². The number of aromatic hydroxyl groups is 1. The number of nitrogens with zero attached hydrogens (tertiary/aromatic N) is 1. The van der Waals surface area contributed by atoms with Crippen molar-refractivity contribution in [3.63, 3.8) is 0 Å². The number of hydrogen-bond donors (Lipinski definition) is 1. The molecular weight excluding hydrogens is 718 g/mol. The van der Waals surface area contributed by atoms with E-state index in [0.29, 0.717) is 33.9 Å². The summed E-state index contributed by atoms with van der Waals surface area (Å²) >= 11 is 3.26. The maximum atomic E-state index is 14.4. The van der Waals surface area contributed by atoms with Gasteiger partial charge in [0.1, 0.15) is 11.5 Å². The van der Waals surface area contributed by atoms with Crippen LogP contribution in [0.15, 0.2) is 88.0 Å². The van der Waals surface area contributed by atoms with Gasteiger partial charge in [0.15, 0.2) is 23.1 Å². The van der Waals surface area contributed by atoms with E-state index in [9.17, 15) is 24.3 Å². The van der Waals surface area contributed by atoms with Crippen LogP contribution in [0.1, 0.15) is 35.4 Å². The van der Waals surface area contributed by atoms with Gasteiger partial charge < -0.3 is 24.1 Å². The molecule has 4 unspecified atom stereocenters. The Hall–Kier alpha value is -5.42. The number of phenols is 1. The number of fused-ring (bicyclic) bond motifs is 3. The molecule has 1 heterocycles. The van der Waals surface area contributed by atoms with Crippen LogP contribution in [0.25, 0.3) is 12.2 Å². The average molecular weight is 753 g/mol. The smallest absolute Gasteiger partial charge is 0.238 e. The zero-order valence-electron chi connectivity index (χ0n) is 28.3. The third kappa shape index (κ3) is 5.65. The van der Waals surface area contributed by atoms with E-state index in [0.717, 1.165) is 16.7 Å². The Balaban J connectivity index is 1.23. The van der Waals surface area contributed by atoms with Gasteiger partial charge in [-0.15, -0.1) is 0 Å². The summed E-state index contributed by atoms with van der Waals surface area (Å²) in [6.45, 7) is 0. The summed E-state index contributed by atoms with van der Waals surface area (Å²) in [4.78, 5) is 56.8. The molecule has 260 valence electrons. The summed E-state index contributed by atoms with van der Waals surface area (Å²) in [7, 11) is 6.01. The quantitative estimate of drug-likeness (QED) is 0.118. The second kappa shape index (κ2) is 13.4. The molecule has 4 aliphatic rings. The Morgan fingerprint density at radius 3 is 2.14 bits per heavy atom. The highest BCUT2D eigenvalue weighted by atomic mass is 79.9. The third-order valence-corrected chi connectivity index (χ3v) is 10.8. The fraction of sp³-hybridized carbons (Fsp3) is 0.250. The molecule has 1 saturated heterocycles. The maximum absolute atomic E-state index is 14.4. The van der Waals surface area contributed by atoms with Crippen molar-refractivity contribution in [1.82, 2.24) is 0 Å². The Morgan fingerprint density at radius 2 is 1.49 bits per heavy atom. The van der Waals surface area contributed by atoms with E-state index in [-0.39, 0.29) is 58.0 Å². The lowest BCUT2D eigenvalue weighted by Crippen LogP contribution is -2.39. The van der Waals surface area contributed by atoms with E-state index in [2.05, 4.69) is 15.9 Å². The fourth-order valence-corrected chi connectivity index (χ4v) is 8.26. The van der Waals surface area contributed by atoms with Crippen LogP contribution in [-0.2, 0) is 19.2 Å². The molecule has 10 nitrogen and oxygen atoms in total. The summed E-state index contributed by atoms with van der Waals surface area (Å²) in [5, 5.41) is 10.7. The summed E-state index contributed by atoms with van der Waals surface area (Å²) in [5.74, 6) is -2.52. The van der Waals surface area contributed by atoms with Gasteiger partial charge in [0.2, 0.25) is 17.6 Å². The number of amides is 2. The number of imide groups is 1. The Kier molecular flexibility index (Phi) is 8.93. The van der Waals surface area contributed by atoms with Crippen molar-refractivity contribution >= 4 is 57.2 Å². The molecule has 51 heavy (non-hydrogen) atoms. The van der Waals surface area contributed by atoms with Gasteiger partial charge in [0.05, 0.1) is 50.4 Å². The Labute approximate surface area is 302 Å². The molecule has 11 heteroatoms. The van der Waals surface area contributed by atoms with E-state index >= 15 is 0 Å². The molecule has 2 amide bonds. The van der Waals surface area contributed by atoms with E-state index < -0.39 is 23.7 Å². The van der Waals surface area contributed by atoms with Gasteiger partial charge in [-0.1, -0.05) is 35.9 Å². The van der Waals surface area contributed by atoms with Crippen LogP contribution in [0.4, 0.5) is 5.69 Å². The molecule has 3 aromatic carbocycles. The highest BCUT2D eigenvalue weighted by molar-refractivity contribution is 9.12. The van der Waals surface area contributed by atoms with Crippen molar-refractivity contribution in [1.29, 1.82) is 0 Å². The molecule has 1 fully saturated rings. The lowest BCUT2D eigenvalue weighted by Gasteiger charge is -2.42. The monoisotopic (exact) mass is 751 g/mol. The van der Waals surface area contributed by atoms with E-state index in [1.54, 1.807) is 38.5 Å². The Bertz CT molecular complexity index is 2100. The minimum atomic E-state index is -0.748. The number of rotatable bonds is 8. The predicted octanol–water partition coefficient (Wildman–Crippen LogP) is 6.56. The number of anilines is 1. The highest BCUT2D eigenvalue weighted by Crippen LogP contribution is 2.56. The van der Waals surface area contributed by atoms with Crippen molar-refractivity contribution in [2.24, 2.45) is 17.8 Å². The first-order valence-corrected chi connectivity index (χ1v) is 17.1. The lowest BCUT2D eigenvalue weighted by molar-refractivity contribution is -0.123. The topological polar surface area (TPSA) is 129 Å². The first-order valence-electron chi connectivity index (χ1n) is 16.3. The summed E-state index contributed by atoms with van der Waals surface area (Å²) in [6, 6.07) is 15.9. The first kappa shape index (κ1) is 34.0. The van der Waals surface area contributed by atoms with Crippen molar-refractivity contribution < 1.29 is 43.2 Å². The van der Waals surface area contributed by atoms with Gasteiger partial charge in [-0.25, -0.2) is 0 Å². The Morgan fingerprint density at radius 1 is 0.804 bits per heavy atom. The number of carbonyl (C=O) groups is 4. The standard InChI is InChI=1S/C40H34BrNO9/c1-48-24-11-14-31(49-2)21(15-24)8-5-20-6-9-23(10-7-20)42-39(46)26-13-12-25-27(35(26)40(42)47)18-28-36(30(43)19-29(41)37(28)44)34(25)22-16-32(50-3)38(45)33(17-22)51-4/h5-12,14-17,19,26-27,34-35,45H,13,18H2,1-4H3. The van der Waals surface area contributed by atoms with Gasteiger partial charge in [0, 0.05) is 28.7 Å². The van der Waals surface area contributed by atoms with Crippen LogP contribution < -0.4 is 23.8 Å². The number of ether oxygens (including phenoxy) is 4. The summed E-state index contributed by atoms with van der Waals surface area (Å²) < 4.78 is 21.8. The first-order chi connectivity index (χ1) is 24.6. The largest absolute Gasteiger partial charge is 0.502 e. The molecule has 1 aliphatic heterocycles. The molecule has 4 atom stereocenters. The highest BCUT2D eigenvalue weighted by Gasteiger charge is 2.56. The van der Waals surface area contributed by atoms with Crippen molar-refractivity contribution in [3.8, 4) is 28.7 Å². The van der Waals surface area contributed by atoms with Gasteiger partial charge in [-0.3, -0.25) is 24.1 Å². The number of allylic oxidation sites excluding steroid dienone is 6. The van der Waals surface area contributed by atoms with E-state index in [1.807, 2.05) is 48.6 Å². The lowest BCUT2D eigenvalue weighted by atomic mass is 9.59. The molecule has 1 N–H and O–H groups in total. The maximum Gasteiger partial charge on any atom is 0.238 e.